The number of aromatic hydroxyl groups is 1. The van der Waals surface area contributed by atoms with Gasteiger partial charge in [-0.25, -0.2) is 9.80 Å². The van der Waals surface area contributed by atoms with Gasteiger partial charge in [-0.15, -0.1) is 0 Å². The van der Waals surface area contributed by atoms with Crippen LogP contribution in [0.5, 0.6) is 5.75 Å². The van der Waals surface area contributed by atoms with E-state index in [9.17, 15) is 45.8 Å². The zero-order valence-electron chi connectivity index (χ0n) is 28.7. The van der Waals surface area contributed by atoms with Crippen LogP contribution in [-0.2, 0) is 36.9 Å². The van der Waals surface area contributed by atoms with Crippen LogP contribution in [0.2, 0.25) is 5.02 Å². The minimum absolute atomic E-state index is 0.0845. The molecule has 2 aliphatic carbocycles. The molecule has 6 unspecified atom stereocenters. The second-order valence-electron chi connectivity index (χ2n) is 14.4. The normalized spacial score (nSPS) is 26.5. The third-order valence-corrected chi connectivity index (χ3v) is 11.8. The largest absolute Gasteiger partial charge is 0.507 e. The third-order valence-electron chi connectivity index (χ3n) is 11.6. The van der Waals surface area contributed by atoms with E-state index in [1.807, 2.05) is 0 Å². The van der Waals surface area contributed by atoms with E-state index >= 15 is 4.79 Å². The molecule has 14 heteroatoms. The van der Waals surface area contributed by atoms with Gasteiger partial charge >= 0.3 is 12.4 Å². The van der Waals surface area contributed by atoms with Crippen molar-refractivity contribution in [1.29, 1.82) is 0 Å². The number of fused-ring (bicyclic) bond motifs is 4. The van der Waals surface area contributed by atoms with Crippen molar-refractivity contribution < 1.29 is 50.6 Å². The van der Waals surface area contributed by atoms with E-state index in [0.717, 1.165) is 4.90 Å². The molecule has 8 rings (SSSR count). The van der Waals surface area contributed by atoms with Crippen LogP contribution < -0.4 is 9.80 Å². The van der Waals surface area contributed by atoms with Gasteiger partial charge in [0.15, 0.2) is 0 Å². The lowest BCUT2D eigenvalue weighted by atomic mass is 9.49. The lowest BCUT2D eigenvalue weighted by molar-refractivity contribution is -0.143. The van der Waals surface area contributed by atoms with Crippen LogP contribution in [0.4, 0.5) is 37.7 Å². The lowest BCUT2D eigenvalue weighted by Gasteiger charge is -2.50. The highest BCUT2D eigenvalue weighted by Gasteiger charge is 2.70. The molecule has 1 N–H and O–H groups in total. The van der Waals surface area contributed by atoms with Crippen LogP contribution in [0.25, 0.3) is 0 Å². The van der Waals surface area contributed by atoms with Crippen molar-refractivity contribution in [2.45, 2.75) is 43.5 Å². The summed E-state index contributed by atoms with van der Waals surface area (Å²) in [6.45, 7) is 1.65. The number of aryl methyl sites for hydroxylation is 1. The Bertz CT molecular complexity index is 2310. The summed E-state index contributed by atoms with van der Waals surface area (Å²) in [7, 11) is 0. The highest BCUT2D eigenvalue weighted by molar-refractivity contribution is 6.32. The number of nitrogens with zero attached hydrogens (tertiary/aromatic N) is 2. The second kappa shape index (κ2) is 12.6. The fourth-order valence-corrected chi connectivity index (χ4v) is 9.51. The topological polar surface area (TPSA) is 95.0 Å². The van der Waals surface area contributed by atoms with Crippen molar-refractivity contribution in [2.24, 2.45) is 23.7 Å². The van der Waals surface area contributed by atoms with E-state index in [4.69, 9.17) is 11.6 Å². The first-order valence-electron chi connectivity index (χ1n) is 17.3. The Morgan fingerprint density at radius 1 is 0.727 bits per heavy atom. The van der Waals surface area contributed by atoms with Crippen LogP contribution in [-0.4, -0.2) is 28.7 Å². The van der Waals surface area contributed by atoms with E-state index in [0.29, 0.717) is 33.7 Å². The maximum atomic E-state index is 15.3. The average molecular weight is 779 g/mol. The summed E-state index contributed by atoms with van der Waals surface area (Å²) in [5.41, 5.74) is -4.21. The van der Waals surface area contributed by atoms with Crippen molar-refractivity contribution in [1.82, 2.24) is 0 Å². The van der Waals surface area contributed by atoms with Gasteiger partial charge < -0.3 is 5.11 Å². The van der Waals surface area contributed by atoms with Crippen LogP contribution >= 0.6 is 11.6 Å². The van der Waals surface area contributed by atoms with Crippen molar-refractivity contribution in [3.63, 3.8) is 0 Å². The standard InChI is InChI=1S/C41H29ClF6N2O5/c1-20-7-5-12-29(34(20)51)33-27-13-14-28-32(37(54)49(35(28)52)26-16-22(40(43,44)45)15-23(17-26)41(46,47)48)30(27)19-31-36(53)50(25-11-6-10-24(42)18-25)38(55)39(31,33)21-8-3-2-4-9-21/h2-13,15-18,28,30-33,51H,14,19H2,1H3. The highest BCUT2D eigenvalue weighted by atomic mass is 35.5. The van der Waals surface area contributed by atoms with E-state index in [-0.39, 0.29) is 40.9 Å². The average Bonchev–Trinajstić information content (AvgIpc) is 3.53. The van der Waals surface area contributed by atoms with Gasteiger partial charge in [0.25, 0.3) is 0 Å². The van der Waals surface area contributed by atoms with E-state index in [2.05, 4.69) is 0 Å². The minimum atomic E-state index is -5.24. The zero-order valence-corrected chi connectivity index (χ0v) is 29.4. The van der Waals surface area contributed by atoms with Crippen molar-refractivity contribution >= 4 is 46.6 Å². The van der Waals surface area contributed by atoms with Gasteiger partial charge in [0.1, 0.15) is 5.75 Å². The zero-order chi connectivity index (χ0) is 39.4. The molecule has 6 atom stereocenters. The molecule has 0 aromatic heterocycles. The monoisotopic (exact) mass is 778 g/mol. The van der Waals surface area contributed by atoms with Crippen molar-refractivity contribution in [3.8, 4) is 5.75 Å². The molecule has 2 saturated heterocycles. The number of allylic oxidation sites excluding steroid dienone is 2. The second-order valence-corrected chi connectivity index (χ2v) is 14.8. The van der Waals surface area contributed by atoms with Gasteiger partial charge in [-0.1, -0.05) is 77.8 Å². The molecule has 4 aromatic rings. The number of imide groups is 2. The first-order valence-corrected chi connectivity index (χ1v) is 17.7. The number of phenols is 1. The lowest BCUT2D eigenvalue weighted by Crippen LogP contribution is -2.53. The number of carbonyl (C=O) groups excluding carboxylic acids is 4. The SMILES string of the molecule is Cc1cccc(C2C3=CCC4C(=O)N(c5cc(C(F)(F)F)cc(C(F)(F)F)c5)C(=O)C4C3CC3C(=O)N(c4cccc(Cl)c4)C(=O)C32c2ccccc2)c1O. The molecule has 2 heterocycles. The summed E-state index contributed by atoms with van der Waals surface area (Å²) in [6.07, 6.45) is -9.14. The van der Waals surface area contributed by atoms with Crippen molar-refractivity contribution in [2.75, 3.05) is 9.80 Å². The number of anilines is 2. The molecule has 4 aromatic carbocycles. The maximum absolute atomic E-state index is 15.3. The van der Waals surface area contributed by atoms with Crippen molar-refractivity contribution in [3.05, 3.63) is 135 Å². The Labute approximate surface area is 314 Å². The van der Waals surface area contributed by atoms with Crippen LogP contribution in [0.15, 0.2) is 103 Å². The predicted octanol–water partition coefficient (Wildman–Crippen LogP) is 8.76. The third kappa shape index (κ3) is 5.41. The Balaban J connectivity index is 1.33. The number of amides is 4. The molecule has 2 aliphatic heterocycles. The summed E-state index contributed by atoms with van der Waals surface area (Å²) in [5.74, 6) is -9.28. The molecule has 0 spiro atoms. The molecule has 7 nitrogen and oxygen atoms in total. The number of alkyl halides is 6. The summed E-state index contributed by atoms with van der Waals surface area (Å²) in [6, 6.07) is 20.2. The molecule has 3 fully saturated rings. The Kier molecular flexibility index (Phi) is 8.34. The number of halogens is 7. The van der Waals surface area contributed by atoms with E-state index in [1.165, 1.54) is 6.07 Å². The highest BCUT2D eigenvalue weighted by Crippen LogP contribution is 2.65. The summed E-state index contributed by atoms with van der Waals surface area (Å²) >= 11 is 6.32. The number of hydrogen-bond donors (Lipinski definition) is 1. The van der Waals surface area contributed by atoms with Gasteiger partial charge in [0, 0.05) is 16.5 Å². The minimum Gasteiger partial charge on any atom is -0.507 e. The van der Waals surface area contributed by atoms with Gasteiger partial charge in [0.2, 0.25) is 23.6 Å². The number of para-hydroxylation sites is 1. The number of benzene rings is 4. The van der Waals surface area contributed by atoms with Crippen LogP contribution in [0.3, 0.4) is 0 Å². The Hall–Kier alpha value is -5.43. The molecule has 4 amide bonds. The molecule has 0 radical (unpaired) electrons. The first-order chi connectivity index (χ1) is 26.0. The quantitative estimate of drug-likeness (QED) is 0.127. The van der Waals surface area contributed by atoms with Gasteiger partial charge in [0.05, 0.1) is 45.7 Å². The fourth-order valence-electron chi connectivity index (χ4n) is 9.32. The molecule has 282 valence electrons. The molecule has 4 aliphatic rings. The predicted molar refractivity (Wildman–Crippen MR) is 188 cm³/mol. The molecular weight excluding hydrogens is 750 g/mol. The molecule has 55 heavy (non-hydrogen) atoms. The molecular formula is C41H29ClF6N2O5. The fraction of sp³-hybridized carbons (Fsp3) is 0.268. The van der Waals surface area contributed by atoms with Gasteiger partial charge in [-0.3, -0.25) is 19.2 Å². The smallest absolute Gasteiger partial charge is 0.416 e. The van der Waals surface area contributed by atoms with Crippen LogP contribution in [0, 0.1) is 30.6 Å². The summed E-state index contributed by atoms with van der Waals surface area (Å²) < 4.78 is 83.3. The number of rotatable bonds is 4. The molecule has 0 bridgehead atoms. The molecule has 1 saturated carbocycles. The summed E-state index contributed by atoms with van der Waals surface area (Å²) in [4.78, 5) is 60.1. The number of phenolic OH excluding ortho intramolecular Hbond substituents is 1. The van der Waals surface area contributed by atoms with E-state index < -0.39 is 87.8 Å². The number of carbonyl (C=O) groups is 4. The summed E-state index contributed by atoms with van der Waals surface area (Å²) in [5, 5.41) is 11.9. The van der Waals surface area contributed by atoms with Gasteiger partial charge in [-0.05, 0) is 73.2 Å². The first kappa shape index (κ1) is 36.5. The number of hydrogen-bond acceptors (Lipinski definition) is 5. The Morgan fingerprint density at radius 2 is 1.38 bits per heavy atom. The Morgan fingerprint density at radius 3 is 2.02 bits per heavy atom. The van der Waals surface area contributed by atoms with Crippen LogP contribution in [0.1, 0.15) is 46.6 Å². The van der Waals surface area contributed by atoms with Gasteiger partial charge in [-0.2, -0.15) is 26.3 Å². The van der Waals surface area contributed by atoms with E-state index in [1.54, 1.807) is 79.7 Å². The maximum Gasteiger partial charge on any atom is 0.416 e.